The van der Waals surface area contributed by atoms with E-state index in [-0.39, 0.29) is 0 Å². The minimum absolute atomic E-state index is 0.542. The third-order valence-corrected chi connectivity index (χ3v) is 4.82. The van der Waals surface area contributed by atoms with Crippen molar-refractivity contribution < 1.29 is 9.90 Å². The Morgan fingerprint density at radius 3 is 2.67 bits per heavy atom. The number of pyridine rings is 1. The summed E-state index contributed by atoms with van der Waals surface area (Å²) in [5, 5.41) is 10.6. The van der Waals surface area contributed by atoms with Gasteiger partial charge in [-0.05, 0) is 31.4 Å². The second-order valence-corrected chi connectivity index (χ2v) is 5.77. The molecule has 1 aliphatic heterocycles. The second-order valence-electron chi connectivity index (χ2n) is 5.77. The Bertz CT molecular complexity index is 655. The smallest absolute Gasteiger partial charge is 0.309 e. The number of hydrogen-bond acceptors (Lipinski definition) is 3. The van der Waals surface area contributed by atoms with Crippen LogP contribution in [0, 0.1) is 5.41 Å². The lowest BCUT2D eigenvalue weighted by Crippen LogP contribution is -2.44. The number of rotatable bonds is 3. The quantitative estimate of drug-likeness (QED) is 0.939. The van der Waals surface area contributed by atoms with E-state index in [2.05, 4.69) is 16.0 Å². The molecule has 1 aromatic heterocycles. The number of anilines is 1. The fourth-order valence-corrected chi connectivity index (χ4v) is 3.25. The van der Waals surface area contributed by atoms with Crippen LogP contribution in [0.25, 0.3) is 10.9 Å². The predicted octanol–water partition coefficient (Wildman–Crippen LogP) is 3.32. The van der Waals surface area contributed by atoms with Gasteiger partial charge in [-0.25, -0.2) is 0 Å². The number of aromatic nitrogens is 1. The molecule has 4 heteroatoms. The minimum atomic E-state index is -0.649. The van der Waals surface area contributed by atoms with Gasteiger partial charge in [-0.2, -0.15) is 0 Å². The first-order valence-electron chi connectivity index (χ1n) is 7.48. The largest absolute Gasteiger partial charge is 0.481 e. The average Bonchev–Trinajstić information content (AvgIpc) is 2.54. The normalized spacial score (nSPS) is 17.9. The lowest BCUT2D eigenvalue weighted by atomic mass is 9.76. The molecular weight excluding hydrogens is 264 g/mol. The number of carbonyl (C=O) groups is 1. The first-order valence-corrected chi connectivity index (χ1v) is 7.48. The van der Waals surface area contributed by atoms with E-state index in [0.717, 1.165) is 29.7 Å². The highest BCUT2D eigenvalue weighted by Gasteiger charge is 2.40. The van der Waals surface area contributed by atoms with Crippen LogP contribution in [0.2, 0.25) is 0 Å². The summed E-state index contributed by atoms with van der Waals surface area (Å²) in [5.74, 6) is -0.649. The Hall–Kier alpha value is -2.10. The standard InChI is InChI=1S/C17H20N2O2/c1-2-17(16(20)21)8-11-19(12-9-17)15-7-10-18-14-6-4-3-5-13(14)15/h3-7,10H,2,8-9,11-12H2,1H3,(H,20,21). The van der Waals surface area contributed by atoms with Crippen LogP contribution >= 0.6 is 0 Å². The molecule has 0 spiro atoms. The monoisotopic (exact) mass is 284 g/mol. The van der Waals surface area contributed by atoms with Gasteiger partial charge < -0.3 is 10.0 Å². The zero-order valence-corrected chi connectivity index (χ0v) is 12.2. The van der Waals surface area contributed by atoms with Crippen molar-refractivity contribution in [1.29, 1.82) is 0 Å². The topological polar surface area (TPSA) is 53.4 Å². The second kappa shape index (κ2) is 5.35. The number of carboxylic acids is 1. The van der Waals surface area contributed by atoms with Crippen LogP contribution in [-0.4, -0.2) is 29.1 Å². The van der Waals surface area contributed by atoms with Gasteiger partial charge in [0.05, 0.1) is 10.9 Å². The van der Waals surface area contributed by atoms with Crippen LogP contribution in [0.4, 0.5) is 5.69 Å². The highest BCUT2D eigenvalue weighted by atomic mass is 16.4. The number of carboxylic acid groups (broad SMARTS) is 1. The lowest BCUT2D eigenvalue weighted by Gasteiger charge is -2.39. The first kappa shape index (κ1) is 13.9. The van der Waals surface area contributed by atoms with Gasteiger partial charge in [0.15, 0.2) is 0 Å². The van der Waals surface area contributed by atoms with Gasteiger partial charge in [0, 0.05) is 30.4 Å². The lowest BCUT2D eigenvalue weighted by molar-refractivity contribution is -0.150. The van der Waals surface area contributed by atoms with Crippen molar-refractivity contribution in [2.75, 3.05) is 18.0 Å². The SMILES string of the molecule is CCC1(C(=O)O)CCN(c2ccnc3ccccc23)CC1. The van der Waals surface area contributed by atoms with E-state index in [1.54, 1.807) is 0 Å². The fraction of sp³-hybridized carbons (Fsp3) is 0.412. The number of benzene rings is 1. The van der Waals surface area contributed by atoms with Gasteiger partial charge in [0.1, 0.15) is 0 Å². The van der Waals surface area contributed by atoms with Crippen molar-refractivity contribution in [3.8, 4) is 0 Å². The van der Waals surface area contributed by atoms with E-state index in [9.17, 15) is 9.90 Å². The zero-order valence-electron chi connectivity index (χ0n) is 12.2. The summed E-state index contributed by atoms with van der Waals surface area (Å²) in [5.41, 5.74) is 1.61. The minimum Gasteiger partial charge on any atom is -0.481 e. The van der Waals surface area contributed by atoms with Gasteiger partial charge >= 0.3 is 5.97 Å². The molecule has 21 heavy (non-hydrogen) atoms. The number of hydrogen-bond donors (Lipinski definition) is 1. The van der Waals surface area contributed by atoms with Crippen LogP contribution in [0.15, 0.2) is 36.5 Å². The van der Waals surface area contributed by atoms with Crippen molar-refractivity contribution in [1.82, 2.24) is 4.98 Å². The third kappa shape index (κ3) is 2.35. The van der Waals surface area contributed by atoms with E-state index in [0.29, 0.717) is 19.3 Å². The maximum atomic E-state index is 11.5. The highest BCUT2D eigenvalue weighted by molar-refractivity contribution is 5.91. The van der Waals surface area contributed by atoms with Crippen molar-refractivity contribution in [3.05, 3.63) is 36.5 Å². The summed E-state index contributed by atoms with van der Waals surface area (Å²) in [6, 6.07) is 10.1. The number of nitrogens with zero attached hydrogens (tertiary/aromatic N) is 2. The summed E-state index contributed by atoms with van der Waals surface area (Å²) in [6.45, 7) is 3.55. The van der Waals surface area contributed by atoms with Crippen LogP contribution in [0.5, 0.6) is 0 Å². The van der Waals surface area contributed by atoms with E-state index in [1.165, 1.54) is 0 Å². The summed E-state index contributed by atoms with van der Waals surface area (Å²) < 4.78 is 0. The molecule has 0 bridgehead atoms. The molecule has 1 saturated heterocycles. The molecular formula is C17H20N2O2. The molecule has 4 nitrogen and oxygen atoms in total. The Labute approximate surface area is 124 Å². The molecule has 0 unspecified atom stereocenters. The maximum Gasteiger partial charge on any atom is 0.309 e. The molecule has 1 N–H and O–H groups in total. The molecule has 110 valence electrons. The highest BCUT2D eigenvalue weighted by Crippen LogP contribution is 2.38. The predicted molar refractivity (Wildman–Crippen MR) is 83.5 cm³/mol. The number of fused-ring (bicyclic) bond motifs is 1. The van der Waals surface area contributed by atoms with Crippen LogP contribution < -0.4 is 4.90 Å². The number of aliphatic carboxylic acids is 1. The van der Waals surface area contributed by atoms with E-state index < -0.39 is 11.4 Å². The Morgan fingerprint density at radius 1 is 1.29 bits per heavy atom. The third-order valence-electron chi connectivity index (χ3n) is 4.82. The van der Waals surface area contributed by atoms with E-state index in [1.807, 2.05) is 37.4 Å². The molecule has 1 aromatic carbocycles. The summed E-state index contributed by atoms with van der Waals surface area (Å²) in [6.07, 6.45) is 3.94. The molecule has 2 heterocycles. The number of piperidine rings is 1. The molecule has 2 aromatic rings. The number of para-hydroxylation sites is 1. The van der Waals surface area contributed by atoms with Crippen molar-refractivity contribution >= 4 is 22.6 Å². The van der Waals surface area contributed by atoms with Crippen molar-refractivity contribution in [2.24, 2.45) is 5.41 Å². The van der Waals surface area contributed by atoms with E-state index in [4.69, 9.17) is 0 Å². The molecule has 3 rings (SSSR count). The van der Waals surface area contributed by atoms with Crippen molar-refractivity contribution in [2.45, 2.75) is 26.2 Å². The van der Waals surface area contributed by atoms with Gasteiger partial charge in [-0.3, -0.25) is 9.78 Å². The molecule has 0 radical (unpaired) electrons. The first-order chi connectivity index (χ1) is 10.2. The fourth-order valence-electron chi connectivity index (χ4n) is 3.25. The summed E-state index contributed by atoms with van der Waals surface area (Å²) >= 11 is 0. The molecule has 1 aliphatic rings. The van der Waals surface area contributed by atoms with Crippen LogP contribution in [-0.2, 0) is 4.79 Å². The van der Waals surface area contributed by atoms with Gasteiger partial charge in [-0.15, -0.1) is 0 Å². The van der Waals surface area contributed by atoms with E-state index >= 15 is 0 Å². The molecule has 0 amide bonds. The zero-order chi connectivity index (χ0) is 14.9. The molecule has 0 saturated carbocycles. The Balaban J connectivity index is 1.88. The maximum absolute atomic E-state index is 11.5. The molecule has 1 fully saturated rings. The van der Waals surface area contributed by atoms with Gasteiger partial charge in [-0.1, -0.05) is 25.1 Å². The Morgan fingerprint density at radius 2 is 2.00 bits per heavy atom. The van der Waals surface area contributed by atoms with Crippen LogP contribution in [0.1, 0.15) is 26.2 Å². The van der Waals surface area contributed by atoms with Crippen LogP contribution in [0.3, 0.4) is 0 Å². The summed E-state index contributed by atoms with van der Waals surface area (Å²) in [4.78, 5) is 18.2. The van der Waals surface area contributed by atoms with Gasteiger partial charge in [0.2, 0.25) is 0 Å². The Kier molecular flexibility index (Phi) is 3.53. The summed E-state index contributed by atoms with van der Waals surface area (Å²) in [7, 11) is 0. The van der Waals surface area contributed by atoms with Gasteiger partial charge in [0.25, 0.3) is 0 Å². The van der Waals surface area contributed by atoms with Crippen molar-refractivity contribution in [3.63, 3.8) is 0 Å². The average molecular weight is 284 g/mol. The molecule has 0 aliphatic carbocycles. The molecule has 0 atom stereocenters.